The van der Waals surface area contributed by atoms with Crippen molar-refractivity contribution < 1.29 is 0 Å². The Balaban J connectivity index is 2.36. The molecule has 0 spiro atoms. The lowest BCUT2D eigenvalue weighted by molar-refractivity contribution is 0.704. The molecule has 18 heavy (non-hydrogen) atoms. The molecule has 1 N–H and O–H groups in total. The van der Waals surface area contributed by atoms with E-state index in [1.807, 2.05) is 7.05 Å². The molecule has 2 rings (SSSR count). The minimum Gasteiger partial charge on any atom is -0.355 e. The van der Waals surface area contributed by atoms with Crippen LogP contribution in [0.2, 0.25) is 0 Å². The van der Waals surface area contributed by atoms with Crippen LogP contribution in [0.4, 0.5) is 5.82 Å². The smallest absolute Gasteiger partial charge is 0.140 e. The topological polar surface area (TPSA) is 41.0 Å². The van der Waals surface area contributed by atoms with E-state index >= 15 is 0 Å². The molecule has 0 aliphatic carbocycles. The predicted octanol–water partition coefficient (Wildman–Crippen LogP) is 2.44. The van der Waals surface area contributed by atoms with Gasteiger partial charge in [0, 0.05) is 24.5 Å². The van der Waals surface area contributed by atoms with E-state index < -0.39 is 0 Å². The molecule has 0 bridgehead atoms. The van der Waals surface area contributed by atoms with Gasteiger partial charge in [-0.3, -0.25) is 0 Å². The average molecular weight is 264 g/mol. The minimum atomic E-state index is 0.967. The van der Waals surface area contributed by atoms with Gasteiger partial charge in [-0.25, -0.2) is 9.97 Å². The summed E-state index contributed by atoms with van der Waals surface area (Å²) < 4.78 is 0. The highest BCUT2D eigenvalue weighted by molar-refractivity contribution is 7.18. The van der Waals surface area contributed by atoms with E-state index in [-0.39, 0.29) is 0 Å². The van der Waals surface area contributed by atoms with Gasteiger partial charge in [0.15, 0.2) is 0 Å². The molecule has 0 radical (unpaired) electrons. The third kappa shape index (κ3) is 2.79. The molecular formula is C13H20N4S. The van der Waals surface area contributed by atoms with E-state index in [0.29, 0.717) is 0 Å². The van der Waals surface area contributed by atoms with Gasteiger partial charge in [-0.2, -0.15) is 0 Å². The number of nitrogens with zero attached hydrogens (tertiary/aromatic N) is 3. The quantitative estimate of drug-likeness (QED) is 0.870. The Morgan fingerprint density at radius 3 is 2.89 bits per heavy atom. The summed E-state index contributed by atoms with van der Waals surface area (Å²) in [5, 5.41) is 4.38. The molecule has 0 unspecified atom stereocenters. The van der Waals surface area contributed by atoms with E-state index in [9.17, 15) is 0 Å². The normalized spacial score (nSPS) is 11.1. The highest BCUT2D eigenvalue weighted by Gasteiger charge is 2.12. The zero-order valence-corrected chi connectivity index (χ0v) is 12.0. The van der Waals surface area contributed by atoms with Crippen molar-refractivity contribution in [3.05, 3.63) is 17.3 Å². The van der Waals surface area contributed by atoms with Gasteiger partial charge in [-0.15, -0.1) is 11.3 Å². The van der Waals surface area contributed by atoms with Gasteiger partial charge in [0.1, 0.15) is 17.0 Å². The van der Waals surface area contributed by atoms with Crippen LogP contribution in [0.3, 0.4) is 0 Å². The van der Waals surface area contributed by atoms with Crippen LogP contribution in [0.15, 0.2) is 12.4 Å². The van der Waals surface area contributed by atoms with Crippen molar-refractivity contribution in [2.24, 2.45) is 0 Å². The van der Waals surface area contributed by atoms with Crippen molar-refractivity contribution >= 4 is 27.4 Å². The van der Waals surface area contributed by atoms with Crippen LogP contribution in [-0.2, 0) is 0 Å². The standard InChI is InChI=1S/C13H20N4S/c1-4-6-17(7-5-14-3)12-11-8-10(2)18-13(11)16-9-15-12/h8-9,14H,4-7H2,1-3H3. The number of rotatable bonds is 6. The summed E-state index contributed by atoms with van der Waals surface area (Å²) in [6.07, 6.45) is 2.80. The first-order valence-electron chi connectivity index (χ1n) is 6.37. The van der Waals surface area contributed by atoms with Crippen LogP contribution in [-0.4, -0.2) is 36.6 Å². The Kier molecular flexibility index (Phi) is 4.49. The zero-order chi connectivity index (χ0) is 13.0. The van der Waals surface area contributed by atoms with Gasteiger partial charge >= 0.3 is 0 Å². The Labute approximate surface area is 112 Å². The first-order chi connectivity index (χ1) is 8.76. The molecule has 2 heterocycles. The van der Waals surface area contributed by atoms with Gasteiger partial charge in [-0.1, -0.05) is 6.92 Å². The number of fused-ring (bicyclic) bond motifs is 1. The zero-order valence-electron chi connectivity index (χ0n) is 11.2. The molecule has 0 amide bonds. The van der Waals surface area contributed by atoms with Gasteiger partial charge in [0.05, 0.1) is 5.39 Å². The van der Waals surface area contributed by atoms with Crippen molar-refractivity contribution in [3.63, 3.8) is 0 Å². The highest BCUT2D eigenvalue weighted by Crippen LogP contribution is 2.29. The summed E-state index contributed by atoms with van der Waals surface area (Å²) in [6, 6.07) is 2.19. The van der Waals surface area contributed by atoms with Crippen LogP contribution < -0.4 is 10.2 Å². The average Bonchev–Trinajstić information content (AvgIpc) is 2.74. The molecule has 0 saturated carbocycles. The first kappa shape index (κ1) is 13.2. The van der Waals surface area contributed by atoms with Crippen molar-refractivity contribution in [1.82, 2.24) is 15.3 Å². The maximum Gasteiger partial charge on any atom is 0.140 e. The Morgan fingerprint density at radius 1 is 1.33 bits per heavy atom. The number of hydrogen-bond acceptors (Lipinski definition) is 5. The monoisotopic (exact) mass is 264 g/mol. The Morgan fingerprint density at radius 2 is 2.17 bits per heavy atom. The lowest BCUT2D eigenvalue weighted by Crippen LogP contribution is -2.32. The SMILES string of the molecule is CCCN(CCNC)c1ncnc2sc(C)cc12. The number of aryl methyl sites for hydroxylation is 1. The molecule has 2 aromatic rings. The second-order valence-corrected chi connectivity index (χ2v) is 5.60. The molecule has 2 aromatic heterocycles. The van der Waals surface area contributed by atoms with E-state index in [2.05, 4.69) is 40.1 Å². The third-order valence-corrected chi connectivity index (χ3v) is 3.81. The van der Waals surface area contributed by atoms with Gasteiger partial charge in [-0.05, 0) is 26.5 Å². The van der Waals surface area contributed by atoms with Crippen molar-refractivity contribution in [3.8, 4) is 0 Å². The molecule has 0 aliphatic rings. The molecule has 0 atom stereocenters. The fourth-order valence-corrected chi connectivity index (χ4v) is 2.90. The number of nitrogens with one attached hydrogen (secondary N) is 1. The molecule has 4 nitrogen and oxygen atoms in total. The Hall–Kier alpha value is -1.20. The van der Waals surface area contributed by atoms with Gasteiger partial charge < -0.3 is 10.2 Å². The largest absolute Gasteiger partial charge is 0.355 e. The maximum absolute atomic E-state index is 4.49. The predicted molar refractivity (Wildman–Crippen MR) is 78.6 cm³/mol. The fraction of sp³-hybridized carbons (Fsp3) is 0.538. The number of likely N-dealkylation sites (N-methyl/N-ethyl adjacent to an activating group) is 1. The van der Waals surface area contributed by atoms with Crippen molar-refractivity contribution in [2.75, 3.05) is 31.6 Å². The van der Waals surface area contributed by atoms with Crippen molar-refractivity contribution in [1.29, 1.82) is 0 Å². The summed E-state index contributed by atoms with van der Waals surface area (Å²) in [5.41, 5.74) is 0. The Bertz CT molecular complexity index is 509. The molecule has 0 saturated heterocycles. The lowest BCUT2D eigenvalue weighted by Gasteiger charge is -2.23. The number of anilines is 1. The summed E-state index contributed by atoms with van der Waals surface area (Å²) >= 11 is 1.73. The van der Waals surface area contributed by atoms with E-state index in [1.54, 1.807) is 17.7 Å². The van der Waals surface area contributed by atoms with E-state index in [4.69, 9.17) is 0 Å². The number of hydrogen-bond donors (Lipinski definition) is 1. The molecule has 0 aliphatic heterocycles. The second-order valence-electron chi connectivity index (χ2n) is 4.36. The summed E-state index contributed by atoms with van der Waals surface area (Å²) in [4.78, 5) is 13.6. The van der Waals surface area contributed by atoms with Crippen LogP contribution in [0.25, 0.3) is 10.2 Å². The molecular weight excluding hydrogens is 244 g/mol. The number of thiophene rings is 1. The third-order valence-electron chi connectivity index (χ3n) is 2.86. The van der Waals surface area contributed by atoms with Crippen molar-refractivity contribution in [2.45, 2.75) is 20.3 Å². The number of aromatic nitrogens is 2. The van der Waals surface area contributed by atoms with Gasteiger partial charge in [0.2, 0.25) is 0 Å². The molecule has 0 aromatic carbocycles. The maximum atomic E-state index is 4.49. The fourth-order valence-electron chi connectivity index (χ4n) is 2.06. The highest BCUT2D eigenvalue weighted by atomic mass is 32.1. The summed E-state index contributed by atoms with van der Waals surface area (Å²) in [6.45, 7) is 7.29. The minimum absolute atomic E-state index is 0.967. The van der Waals surface area contributed by atoms with Crippen LogP contribution in [0.1, 0.15) is 18.2 Å². The molecule has 0 fully saturated rings. The second kappa shape index (κ2) is 6.11. The first-order valence-corrected chi connectivity index (χ1v) is 7.18. The molecule has 98 valence electrons. The summed E-state index contributed by atoms with van der Waals surface area (Å²) in [7, 11) is 1.98. The van der Waals surface area contributed by atoms with E-state index in [1.165, 1.54) is 10.3 Å². The van der Waals surface area contributed by atoms with Crippen LogP contribution in [0, 0.1) is 6.92 Å². The van der Waals surface area contributed by atoms with Crippen LogP contribution >= 0.6 is 11.3 Å². The summed E-state index contributed by atoms with van der Waals surface area (Å²) in [5.74, 6) is 1.07. The lowest BCUT2D eigenvalue weighted by atomic mass is 10.3. The van der Waals surface area contributed by atoms with E-state index in [0.717, 1.165) is 36.7 Å². The van der Waals surface area contributed by atoms with Crippen LogP contribution in [0.5, 0.6) is 0 Å². The molecule has 5 heteroatoms. The van der Waals surface area contributed by atoms with Gasteiger partial charge in [0.25, 0.3) is 0 Å².